The van der Waals surface area contributed by atoms with Gasteiger partial charge in [-0.2, -0.15) is 0 Å². The fourth-order valence-corrected chi connectivity index (χ4v) is 2.32. The minimum absolute atomic E-state index is 0.719. The zero-order chi connectivity index (χ0) is 16.7. The van der Waals surface area contributed by atoms with Crippen LogP contribution in [0.25, 0.3) is 11.3 Å². The fourth-order valence-electron chi connectivity index (χ4n) is 2.32. The normalized spacial score (nSPS) is 14.0. The van der Waals surface area contributed by atoms with Crippen LogP contribution >= 0.6 is 0 Å². The minimum Gasteiger partial charge on any atom is -0.495 e. The summed E-state index contributed by atoms with van der Waals surface area (Å²) in [6.07, 6.45) is 3.47. The molecule has 0 atom stereocenters. The molecular formula is C17H24N4O2. The Bertz CT molecular complexity index is 628. The molecule has 0 spiro atoms. The topological polar surface area (TPSA) is 60.4 Å². The quantitative estimate of drug-likeness (QED) is 0.868. The summed E-state index contributed by atoms with van der Waals surface area (Å²) in [7, 11) is 1.63. The molecule has 0 N–H and O–H groups in total. The van der Waals surface area contributed by atoms with Gasteiger partial charge in [0.15, 0.2) is 0 Å². The van der Waals surface area contributed by atoms with E-state index in [2.05, 4.69) is 19.9 Å². The number of pyridine rings is 1. The van der Waals surface area contributed by atoms with Gasteiger partial charge in [-0.15, -0.1) is 0 Å². The summed E-state index contributed by atoms with van der Waals surface area (Å²) in [5.41, 5.74) is 1.78. The molecule has 0 saturated carbocycles. The Morgan fingerprint density at radius 3 is 2.52 bits per heavy atom. The molecule has 1 saturated heterocycles. The van der Waals surface area contributed by atoms with Gasteiger partial charge < -0.3 is 14.4 Å². The van der Waals surface area contributed by atoms with E-state index in [1.165, 1.54) is 0 Å². The average Bonchev–Trinajstić information content (AvgIpc) is 2.63. The maximum atomic E-state index is 5.38. The van der Waals surface area contributed by atoms with Gasteiger partial charge in [0, 0.05) is 30.9 Å². The van der Waals surface area contributed by atoms with Gasteiger partial charge in [-0.1, -0.05) is 13.8 Å². The molecule has 1 aliphatic rings. The lowest BCUT2D eigenvalue weighted by Gasteiger charge is -2.28. The molecule has 0 aliphatic carbocycles. The Morgan fingerprint density at radius 2 is 1.83 bits per heavy atom. The molecular weight excluding hydrogens is 292 g/mol. The first kappa shape index (κ1) is 17.1. The zero-order valence-electron chi connectivity index (χ0n) is 14.2. The Balaban J connectivity index is 0.000000924. The van der Waals surface area contributed by atoms with Crippen LogP contribution in [0.1, 0.15) is 19.7 Å². The third-order valence-corrected chi connectivity index (χ3v) is 3.40. The number of anilines is 1. The van der Waals surface area contributed by atoms with Crippen molar-refractivity contribution in [2.45, 2.75) is 20.8 Å². The van der Waals surface area contributed by atoms with Crippen LogP contribution in [0, 0.1) is 6.92 Å². The minimum atomic E-state index is 0.719. The maximum Gasteiger partial charge on any atom is 0.137 e. The van der Waals surface area contributed by atoms with Crippen molar-refractivity contribution in [3.8, 4) is 17.0 Å². The van der Waals surface area contributed by atoms with E-state index in [9.17, 15) is 0 Å². The van der Waals surface area contributed by atoms with Crippen molar-refractivity contribution in [2.24, 2.45) is 0 Å². The van der Waals surface area contributed by atoms with Crippen molar-refractivity contribution < 1.29 is 9.47 Å². The molecule has 6 heteroatoms. The number of ether oxygens (including phenoxy) is 2. The largest absolute Gasteiger partial charge is 0.495 e. The lowest BCUT2D eigenvalue weighted by Crippen LogP contribution is -2.36. The van der Waals surface area contributed by atoms with Crippen LogP contribution in [0.2, 0.25) is 0 Å². The summed E-state index contributed by atoms with van der Waals surface area (Å²) in [6.45, 7) is 9.08. The van der Waals surface area contributed by atoms with Gasteiger partial charge in [0.1, 0.15) is 17.4 Å². The Kier molecular flexibility index (Phi) is 6.29. The van der Waals surface area contributed by atoms with Crippen molar-refractivity contribution >= 4 is 5.82 Å². The van der Waals surface area contributed by atoms with E-state index in [1.807, 2.05) is 32.9 Å². The fraction of sp³-hybridized carbons (Fsp3) is 0.471. The summed E-state index contributed by atoms with van der Waals surface area (Å²) in [4.78, 5) is 15.4. The molecule has 6 nitrogen and oxygen atoms in total. The highest BCUT2D eigenvalue weighted by molar-refractivity contribution is 5.63. The van der Waals surface area contributed by atoms with E-state index in [0.717, 1.165) is 55.0 Å². The van der Waals surface area contributed by atoms with Crippen molar-refractivity contribution in [1.82, 2.24) is 15.0 Å². The second kappa shape index (κ2) is 8.43. The monoisotopic (exact) mass is 316 g/mol. The van der Waals surface area contributed by atoms with Crippen LogP contribution in [0.5, 0.6) is 5.75 Å². The standard InChI is InChI=1S/C15H18N4O2.C2H6/c1-11-17-14(12-7-13(20-2)10-16-9-12)8-15(18-11)19-3-5-21-6-4-19;1-2/h7-10H,3-6H2,1-2H3;1-2H3. The number of hydrogen-bond acceptors (Lipinski definition) is 6. The first-order valence-electron chi connectivity index (χ1n) is 7.94. The highest BCUT2D eigenvalue weighted by atomic mass is 16.5. The third-order valence-electron chi connectivity index (χ3n) is 3.40. The summed E-state index contributed by atoms with van der Waals surface area (Å²) < 4.78 is 10.6. The van der Waals surface area contributed by atoms with E-state index in [-0.39, 0.29) is 0 Å². The smallest absolute Gasteiger partial charge is 0.137 e. The molecule has 124 valence electrons. The van der Waals surface area contributed by atoms with Gasteiger partial charge in [-0.25, -0.2) is 9.97 Å². The number of aryl methyl sites for hydroxylation is 1. The lowest BCUT2D eigenvalue weighted by molar-refractivity contribution is 0.122. The summed E-state index contributed by atoms with van der Waals surface area (Å²) in [6, 6.07) is 3.92. The molecule has 0 bridgehead atoms. The third kappa shape index (κ3) is 4.39. The van der Waals surface area contributed by atoms with Crippen molar-refractivity contribution in [2.75, 3.05) is 38.3 Å². The first-order chi connectivity index (χ1) is 11.3. The molecule has 0 radical (unpaired) electrons. The molecule has 1 aliphatic heterocycles. The Labute approximate surface area is 137 Å². The van der Waals surface area contributed by atoms with Crippen LogP contribution in [0.4, 0.5) is 5.82 Å². The molecule has 2 aromatic rings. The van der Waals surface area contributed by atoms with Crippen LogP contribution in [0.3, 0.4) is 0 Å². The van der Waals surface area contributed by atoms with Gasteiger partial charge in [0.25, 0.3) is 0 Å². The number of nitrogens with zero attached hydrogens (tertiary/aromatic N) is 4. The van der Waals surface area contributed by atoms with Gasteiger partial charge >= 0.3 is 0 Å². The number of aromatic nitrogens is 3. The molecule has 0 amide bonds. The predicted octanol–water partition coefficient (Wildman–Crippen LogP) is 2.72. The van der Waals surface area contributed by atoms with Crippen molar-refractivity contribution in [1.29, 1.82) is 0 Å². The molecule has 0 unspecified atom stereocenters. The summed E-state index contributed by atoms with van der Waals surface area (Å²) >= 11 is 0. The summed E-state index contributed by atoms with van der Waals surface area (Å²) in [5, 5.41) is 0. The van der Waals surface area contributed by atoms with Crippen molar-refractivity contribution in [3.05, 3.63) is 30.4 Å². The van der Waals surface area contributed by atoms with E-state index in [1.54, 1.807) is 19.5 Å². The van der Waals surface area contributed by atoms with Gasteiger partial charge in [0.2, 0.25) is 0 Å². The average molecular weight is 316 g/mol. The Hall–Kier alpha value is -2.21. The predicted molar refractivity (Wildman–Crippen MR) is 90.9 cm³/mol. The second-order valence-electron chi connectivity index (χ2n) is 4.87. The van der Waals surface area contributed by atoms with Gasteiger partial charge in [-0.05, 0) is 13.0 Å². The number of hydrogen-bond donors (Lipinski definition) is 0. The van der Waals surface area contributed by atoms with Gasteiger partial charge in [0.05, 0.1) is 32.2 Å². The number of morpholine rings is 1. The van der Waals surface area contributed by atoms with E-state index >= 15 is 0 Å². The van der Waals surface area contributed by atoms with Crippen LogP contribution in [0.15, 0.2) is 24.5 Å². The van der Waals surface area contributed by atoms with E-state index < -0.39 is 0 Å². The molecule has 2 aromatic heterocycles. The van der Waals surface area contributed by atoms with Crippen molar-refractivity contribution in [3.63, 3.8) is 0 Å². The van der Waals surface area contributed by atoms with Gasteiger partial charge in [-0.3, -0.25) is 4.98 Å². The molecule has 3 rings (SSSR count). The van der Waals surface area contributed by atoms with E-state index in [0.29, 0.717) is 0 Å². The second-order valence-corrected chi connectivity index (χ2v) is 4.87. The maximum absolute atomic E-state index is 5.38. The molecule has 0 aromatic carbocycles. The van der Waals surface area contributed by atoms with Crippen LogP contribution in [-0.4, -0.2) is 48.4 Å². The number of rotatable bonds is 3. The van der Waals surface area contributed by atoms with Crippen LogP contribution in [-0.2, 0) is 4.74 Å². The number of methoxy groups -OCH3 is 1. The molecule has 3 heterocycles. The SMILES string of the molecule is CC.COc1cncc(-c2cc(N3CCOCC3)nc(C)n2)c1. The Morgan fingerprint density at radius 1 is 1.09 bits per heavy atom. The molecule has 1 fully saturated rings. The van der Waals surface area contributed by atoms with E-state index in [4.69, 9.17) is 9.47 Å². The van der Waals surface area contributed by atoms with Crippen LogP contribution < -0.4 is 9.64 Å². The first-order valence-corrected chi connectivity index (χ1v) is 7.94. The highest BCUT2D eigenvalue weighted by Crippen LogP contribution is 2.24. The highest BCUT2D eigenvalue weighted by Gasteiger charge is 2.15. The summed E-state index contributed by atoms with van der Waals surface area (Å²) in [5.74, 6) is 2.40. The lowest BCUT2D eigenvalue weighted by atomic mass is 10.2. The zero-order valence-corrected chi connectivity index (χ0v) is 14.2. The molecule has 23 heavy (non-hydrogen) atoms.